The largest absolute Gasteiger partial charge is 0.494 e. The van der Waals surface area contributed by atoms with Gasteiger partial charge in [0, 0.05) is 17.5 Å². The molecule has 1 aromatic rings. The van der Waals surface area contributed by atoms with Gasteiger partial charge in [-0.15, -0.1) is 0 Å². The lowest BCUT2D eigenvalue weighted by Gasteiger charge is -2.38. The molecule has 0 bridgehead atoms. The normalized spacial score (nSPS) is 17.2. The fraction of sp³-hybridized carbons (Fsp3) is 0.643. The van der Waals surface area contributed by atoms with Gasteiger partial charge in [0.2, 0.25) is 0 Å². The summed E-state index contributed by atoms with van der Waals surface area (Å²) in [6.07, 6.45) is -0.117. The van der Waals surface area contributed by atoms with Crippen molar-refractivity contribution in [3.05, 3.63) is 23.8 Å². The number of aliphatic hydroxyl groups is 1. The number of benzene rings is 1. The Morgan fingerprint density at radius 3 is 2.12 bits per heavy atom. The number of hydrogen-bond acceptors (Lipinski definition) is 9. The van der Waals surface area contributed by atoms with Crippen LogP contribution in [0.3, 0.4) is 0 Å². The van der Waals surface area contributed by atoms with Gasteiger partial charge in [-0.3, -0.25) is 10.2 Å². The van der Waals surface area contributed by atoms with Crippen LogP contribution in [0.5, 0.6) is 17.2 Å². The van der Waals surface area contributed by atoms with E-state index >= 15 is 0 Å². The number of anilines is 1. The Bertz CT molecular complexity index is 1050. The second-order valence-electron chi connectivity index (χ2n) is 10.00. The fourth-order valence-electron chi connectivity index (χ4n) is 5.55. The van der Waals surface area contributed by atoms with Crippen LogP contribution in [0.25, 0.3) is 0 Å². The van der Waals surface area contributed by atoms with Crippen molar-refractivity contribution in [3.8, 4) is 17.2 Å². The van der Waals surface area contributed by atoms with Crippen LogP contribution in [0.15, 0.2) is 12.7 Å². The predicted molar refractivity (Wildman–Crippen MR) is 155 cm³/mol. The zero-order valence-corrected chi connectivity index (χ0v) is 26.3. The first kappa shape index (κ1) is 33.2. The monoisotopic (exact) mass is 582 g/mol. The average molecular weight is 583 g/mol. The molecule has 40 heavy (non-hydrogen) atoms. The van der Waals surface area contributed by atoms with Gasteiger partial charge in [0.25, 0.3) is 0 Å². The number of amides is 2. The van der Waals surface area contributed by atoms with Gasteiger partial charge in [-0.1, -0.05) is 40.3 Å². The molecule has 0 aliphatic carbocycles. The van der Waals surface area contributed by atoms with Gasteiger partial charge in [0.1, 0.15) is 12.4 Å². The van der Waals surface area contributed by atoms with E-state index in [9.17, 15) is 14.7 Å². The highest BCUT2D eigenvalue weighted by Gasteiger charge is 2.57. The van der Waals surface area contributed by atoms with Crippen LogP contribution in [0.4, 0.5) is 15.3 Å². The number of nitrogens with one attached hydrogen (secondary N) is 1. The van der Waals surface area contributed by atoms with Crippen molar-refractivity contribution >= 4 is 26.2 Å². The molecule has 1 saturated heterocycles. The van der Waals surface area contributed by atoms with E-state index in [-0.39, 0.29) is 19.6 Å². The standard InChI is InChI=1S/C28H46N2O9Si/c1-11-14-38-27(32)29-22-19(26(36-9)25(35-8)18(6)24(22)34-7)15-21(39-40(12-2,13-3)17(4)5)23-20(16-31)30(23)28(33)37-10/h11,17,20-21,23,31H,1,12-16H2,2-10H3,(H,29,32)/t20-,21?,23-,30?/m0/s1. The second-order valence-corrected chi connectivity index (χ2v) is 14.9. The molecule has 0 aromatic heterocycles. The van der Waals surface area contributed by atoms with E-state index < -0.39 is 38.7 Å². The first-order chi connectivity index (χ1) is 19.1. The quantitative estimate of drug-likeness (QED) is 0.169. The molecule has 3 atom stereocenters. The van der Waals surface area contributed by atoms with E-state index in [0.717, 1.165) is 12.1 Å². The summed E-state index contributed by atoms with van der Waals surface area (Å²) in [5.41, 5.74) is 1.80. The first-order valence-corrected chi connectivity index (χ1v) is 16.0. The van der Waals surface area contributed by atoms with Crippen LogP contribution in [-0.4, -0.2) is 90.4 Å². The lowest BCUT2D eigenvalue weighted by Crippen LogP contribution is -2.46. The maximum Gasteiger partial charge on any atom is 0.412 e. The van der Waals surface area contributed by atoms with Gasteiger partial charge in [-0.25, -0.2) is 9.59 Å². The number of carbonyl (C=O) groups excluding carboxylic acids is 2. The number of nitrogens with zero attached hydrogens (tertiary/aromatic N) is 1. The third kappa shape index (κ3) is 6.67. The van der Waals surface area contributed by atoms with Crippen LogP contribution >= 0.6 is 0 Å². The van der Waals surface area contributed by atoms with Crippen molar-refractivity contribution in [3.63, 3.8) is 0 Å². The average Bonchev–Trinajstić information content (AvgIpc) is 3.69. The summed E-state index contributed by atoms with van der Waals surface area (Å²) in [5, 5.41) is 13.0. The number of ether oxygens (including phenoxy) is 5. The van der Waals surface area contributed by atoms with Crippen molar-refractivity contribution in [1.82, 2.24) is 4.90 Å². The second kappa shape index (κ2) is 14.6. The summed E-state index contributed by atoms with van der Waals surface area (Å²) >= 11 is 0. The first-order valence-electron chi connectivity index (χ1n) is 13.6. The van der Waals surface area contributed by atoms with Crippen LogP contribution < -0.4 is 19.5 Å². The molecule has 1 fully saturated rings. The number of carbonyl (C=O) groups is 2. The smallest absolute Gasteiger partial charge is 0.412 e. The summed E-state index contributed by atoms with van der Waals surface area (Å²) in [6, 6.07) is 0.801. The molecular formula is C28H46N2O9Si. The maximum absolute atomic E-state index is 12.7. The van der Waals surface area contributed by atoms with Crippen LogP contribution in [0.2, 0.25) is 17.6 Å². The summed E-state index contributed by atoms with van der Waals surface area (Å²) in [4.78, 5) is 26.9. The Labute approximate surface area is 238 Å². The van der Waals surface area contributed by atoms with E-state index in [0.29, 0.717) is 39.6 Å². The Morgan fingerprint density at radius 2 is 1.68 bits per heavy atom. The minimum atomic E-state index is -2.31. The number of hydrogen-bond donors (Lipinski definition) is 2. The molecule has 2 amide bonds. The summed E-state index contributed by atoms with van der Waals surface area (Å²) in [7, 11) is 3.54. The third-order valence-electron chi connectivity index (χ3n) is 7.84. The van der Waals surface area contributed by atoms with Gasteiger partial charge in [-0.05, 0) is 24.6 Å². The molecule has 1 aliphatic rings. The maximum atomic E-state index is 12.7. The van der Waals surface area contributed by atoms with Crippen LogP contribution in [0, 0.1) is 6.92 Å². The Kier molecular flexibility index (Phi) is 12.1. The number of methoxy groups -OCH3 is 4. The molecule has 0 spiro atoms. The van der Waals surface area contributed by atoms with Crippen molar-refractivity contribution in [1.29, 1.82) is 0 Å². The minimum Gasteiger partial charge on any atom is -0.494 e. The number of aliphatic hydroxyl groups excluding tert-OH is 1. The predicted octanol–water partition coefficient (Wildman–Crippen LogP) is 4.89. The molecule has 11 nitrogen and oxygen atoms in total. The fourth-order valence-corrected chi connectivity index (χ4v) is 9.12. The van der Waals surface area contributed by atoms with Crippen LogP contribution in [0.1, 0.15) is 38.8 Å². The molecule has 1 unspecified atom stereocenters. The molecular weight excluding hydrogens is 536 g/mol. The molecule has 12 heteroatoms. The van der Waals surface area contributed by atoms with Crippen molar-refractivity contribution in [2.75, 3.05) is 47.0 Å². The Balaban J connectivity index is 2.78. The van der Waals surface area contributed by atoms with Gasteiger partial charge in [-0.2, -0.15) is 0 Å². The SMILES string of the molecule is C=CCOC(=O)Nc1c(CC(O[Si](CC)(CC)C(C)C)[C@@H]2[C@H](CO)N2C(=O)OC)c(OC)c(OC)c(C)c1OC. The zero-order valence-electron chi connectivity index (χ0n) is 25.3. The molecule has 1 heterocycles. The highest BCUT2D eigenvalue weighted by Crippen LogP contribution is 2.49. The highest BCUT2D eigenvalue weighted by molar-refractivity contribution is 6.75. The summed E-state index contributed by atoms with van der Waals surface area (Å²) < 4.78 is 34.6. The molecule has 1 aliphatic heterocycles. The van der Waals surface area contributed by atoms with E-state index in [4.69, 9.17) is 28.1 Å². The molecule has 0 radical (unpaired) electrons. The van der Waals surface area contributed by atoms with Gasteiger partial charge < -0.3 is 33.2 Å². The highest BCUT2D eigenvalue weighted by atomic mass is 28.4. The van der Waals surface area contributed by atoms with Gasteiger partial charge in [0.05, 0.1) is 58.9 Å². The Hall–Kier alpha value is -2.96. The van der Waals surface area contributed by atoms with Crippen molar-refractivity contribution < 1.29 is 42.8 Å². The summed E-state index contributed by atoms with van der Waals surface area (Å²) in [6.45, 7) is 13.7. The van der Waals surface area contributed by atoms with Crippen molar-refractivity contribution in [2.24, 2.45) is 0 Å². The number of rotatable bonds is 15. The molecule has 2 N–H and O–H groups in total. The van der Waals surface area contributed by atoms with E-state index in [1.807, 2.05) is 0 Å². The lowest BCUT2D eigenvalue weighted by molar-refractivity contribution is 0.130. The lowest BCUT2D eigenvalue weighted by atomic mass is 9.97. The molecule has 0 saturated carbocycles. The van der Waals surface area contributed by atoms with E-state index in [1.54, 1.807) is 6.92 Å². The van der Waals surface area contributed by atoms with Crippen LogP contribution in [-0.2, 0) is 20.3 Å². The minimum absolute atomic E-state index is 0.0192. The molecule has 226 valence electrons. The van der Waals surface area contributed by atoms with Gasteiger partial charge >= 0.3 is 12.2 Å². The molecule has 1 aromatic carbocycles. The topological polar surface area (TPSA) is 125 Å². The van der Waals surface area contributed by atoms with E-state index in [2.05, 4.69) is 39.6 Å². The third-order valence-corrected chi connectivity index (χ3v) is 13.1. The van der Waals surface area contributed by atoms with Crippen molar-refractivity contribution in [2.45, 2.75) is 76.9 Å². The van der Waals surface area contributed by atoms with E-state index in [1.165, 1.54) is 39.4 Å². The zero-order chi connectivity index (χ0) is 30.2. The Morgan fingerprint density at radius 1 is 1.07 bits per heavy atom. The van der Waals surface area contributed by atoms with Gasteiger partial charge in [0.15, 0.2) is 19.8 Å². The summed E-state index contributed by atoms with van der Waals surface area (Å²) in [5.74, 6) is 1.21. The molecule has 2 rings (SSSR count).